The van der Waals surface area contributed by atoms with Crippen LogP contribution in [0.2, 0.25) is 0 Å². The van der Waals surface area contributed by atoms with Crippen LogP contribution in [0.1, 0.15) is 26.2 Å². The van der Waals surface area contributed by atoms with E-state index in [-0.39, 0.29) is 5.97 Å². The van der Waals surface area contributed by atoms with Crippen LogP contribution in [0.15, 0.2) is 0 Å². The number of likely N-dealkylation sites (tertiary alicyclic amines) is 2. The van der Waals surface area contributed by atoms with Crippen LogP contribution in [-0.2, 0) is 9.53 Å². The van der Waals surface area contributed by atoms with E-state index >= 15 is 0 Å². The van der Waals surface area contributed by atoms with Gasteiger partial charge in [-0.15, -0.1) is 0 Å². The van der Waals surface area contributed by atoms with Crippen LogP contribution >= 0.6 is 0 Å². The van der Waals surface area contributed by atoms with Gasteiger partial charge in [-0.1, -0.05) is 0 Å². The maximum absolute atomic E-state index is 11.5. The predicted molar refractivity (Wildman–Crippen MR) is 70.3 cm³/mol. The van der Waals surface area contributed by atoms with E-state index in [1.165, 1.54) is 32.4 Å². The van der Waals surface area contributed by atoms with Crippen molar-refractivity contribution in [3.63, 3.8) is 0 Å². The molecule has 5 nitrogen and oxygen atoms in total. The number of carbonyl (C=O) groups excluding carboxylic acids is 1. The van der Waals surface area contributed by atoms with Gasteiger partial charge < -0.3 is 10.5 Å². The van der Waals surface area contributed by atoms with Gasteiger partial charge in [0.05, 0.1) is 6.61 Å². The van der Waals surface area contributed by atoms with Crippen molar-refractivity contribution in [1.29, 1.82) is 0 Å². The standard InChI is InChI=1S/C13H25N3O2/c1-2-18-13(17)12(14)10-15-8-5-11(9-15)16-6-3-4-7-16/h11-12H,2-10,14H2,1H3. The minimum absolute atomic E-state index is 0.276. The first-order valence-corrected chi connectivity index (χ1v) is 7.09. The number of hydrogen-bond acceptors (Lipinski definition) is 5. The van der Waals surface area contributed by atoms with Crippen molar-refractivity contribution >= 4 is 5.97 Å². The number of nitrogens with two attached hydrogens (primary N) is 1. The monoisotopic (exact) mass is 255 g/mol. The number of nitrogens with zero attached hydrogens (tertiary/aromatic N) is 2. The maximum atomic E-state index is 11.5. The molecule has 0 radical (unpaired) electrons. The van der Waals surface area contributed by atoms with Gasteiger partial charge in [-0.05, 0) is 45.8 Å². The highest BCUT2D eigenvalue weighted by atomic mass is 16.5. The van der Waals surface area contributed by atoms with Gasteiger partial charge in [0.1, 0.15) is 6.04 Å². The number of carbonyl (C=O) groups is 1. The SMILES string of the molecule is CCOC(=O)C(N)CN1CCC(N2CCCC2)C1. The molecule has 0 bridgehead atoms. The van der Waals surface area contributed by atoms with E-state index in [1.807, 2.05) is 6.92 Å². The Kier molecular flexibility index (Phi) is 4.97. The second kappa shape index (κ2) is 6.50. The average molecular weight is 255 g/mol. The van der Waals surface area contributed by atoms with Crippen LogP contribution in [0.3, 0.4) is 0 Å². The molecular formula is C13H25N3O2. The van der Waals surface area contributed by atoms with Crippen molar-refractivity contribution in [1.82, 2.24) is 9.80 Å². The van der Waals surface area contributed by atoms with Crippen LogP contribution in [0.25, 0.3) is 0 Å². The van der Waals surface area contributed by atoms with Crippen molar-refractivity contribution in [2.24, 2.45) is 5.73 Å². The topological polar surface area (TPSA) is 58.8 Å². The van der Waals surface area contributed by atoms with Crippen LogP contribution in [0.4, 0.5) is 0 Å². The molecule has 2 aliphatic heterocycles. The molecule has 5 heteroatoms. The lowest BCUT2D eigenvalue weighted by Crippen LogP contribution is -2.44. The Morgan fingerprint density at radius 3 is 2.78 bits per heavy atom. The van der Waals surface area contributed by atoms with E-state index in [0.717, 1.165) is 13.1 Å². The first-order chi connectivity index (χ1) is 8.70. The highest BCUT2D eigenvalue weighted by Gasteiger charge is 2.30. The van der Waals surface area contributed by atoms with Gasteiger partial charge in [0, 0.05) is 19.1 Å². The van der Waals surface area contributed by atoms with Crippen LogP contribution in [-0.4, -0.2) is 67.2 Å². The average Bonchev–Trinajstić information content (AvgIpc) is 2.98. The molecule has 2 saturated heterocycles. The number of hydrogen-bond donors (Lipinski definition) is 1. The summed E-state index contributed by atoms with van der Waals surface area (Å²) in [5.41, 5.74) is 5.85. The van der Waals surface area contributed by atoms with Crippen molar-refractivity contribution in [3.05, 3.63) is 0 Å². The third-order valence-corrected chi connectivity index (χ3v) is 3.95. The first-order valence-electron chi connectivity index (χ1n) is 7.09. The van der Waals surface area contributed by atoms with Gasteiger partial charge in [0.2, 0.25) is 0 Å². The molecule has 2 heterocycles. The fourth-order valence-corrected chi connectivity index (χ4v) is 2.98. The second-order valence-corrected chi connectivity index (χ2v) is 5.30. The molecule has 18 heavy (non-hydrogen) atoms. The van der Waals surface area contributed by atoms with Gasteiger partial charge >= 0.3 is 5.97 Å². The van der Waals surface area contributed by atoms with Crippen molar-refractivity contribution in [3.8, 4) is 0 Å². The summed E-state index contributed by atoms with van der Waals surface area (Å²) in [4.78, 5) is 16.4. The lowest BCUT2D eigenvalue weighted by atomic mass is 10.2. The number of esters is 1. The molecule has 0 aromatic rings. The molecule has 2 unspecified atom stereocenters. The summed E-state index contributed by atoms with van der Waals surface area (Å²) >= 11 is 0. The van der Waals surface area contributed by atoms with Crippen molar-refractivity contribution < 1.29 is 9.53 Å². The zero-order valence-corrected chi connectivity index (χ0v) is 11.3. The summed E-state index contributed by atoms with van der Waals surface area (Å²) < 4.78 is 4.94. The largest absolute Gasteiger partial charge is 0.465 e. The molecule has 2 fully saturated rings. The smallest absolute Gasteiger partial charge is 0.324 e. The summed E-state index contributed by atoms with van der Waals surface area (Å²) in [5, 5.41) is 0. The molecule has 2 N–H and O–H groups in total. The molecule has 0 saturated carbocycles. The molecule has 2 atom stereocenters. The third kappa shape index (κ3) is 3.43. The Hall–Kier alpha value is -0.650. The summed E-state index contributed by atoms with van der Waals surface area (Å²) in [7, 11) is 0. The van der Waals surface area contributed by atoms with Crippen LogP contribution < -0.4 is 5.73 Å². The summed E-state index contributed by atoms with van der Waals surface area (Å²) in [6.07, 6.45) is 3.87. The zero-order chi connectivity index (χ0) is 13.0. The van der Waals surface area contributed by atoms with Gasteiger partial charge in [0.15, 0.2) is 0 Å². The quantitative estimate of drug-likeness (QED) is 0.703. The summed E-state index contributed by atoms with van der Waals surface area (Å²) in [6, 6.07) is 0.171. The van der Waals surface area contributed by atoms with Crippen LogP contribution in [0.5, 0.6) is 0 Å². The summed E-state index contributed by atoms with van der Waals surface area (Å²) in [6.45, 7) is 7.42. The highest BCUT2D eigenvalue weighted by Crippen LogP contribution is 2.20. The summed E-state index contributed by atoms with van der Waals surface area (Å²) in [5.74, 6) is -0.276. The molecule has 2 aliphatic rings. The molecule has 0 aromatic carbocycles. The van der Waals surface area contributed by atoms with Gasteiger partial charge in [-0.25, -0.2) is 0 Å². The van der Waals surface area contributed by atoms with E-state index in [4.69, 9.17) is 10.5 Å². The lowest BCUT2D eigenvalue weighted by molar-refractivity contribution is -0.145. The first kappa shape index (κ1) is 13.8. The second-order valence-electron chi connectivity index (χ2n) is 5.30. The molecular weight excluding hydrogens is 230 g/mol. The molecule has 104 valence electrons. The molecule has 0 spiro atoms. The Labute approximate surface area is 109 Å². The molecule has 2 rings (SSSR count). The van der Waals surface area contributed by atoms with E-state index in [2.05, 4.69) is 9.80 Å². The van der Waals surface area contributed by atoms with Crippen molar-refractivity contribution in [2.45, 2.75) is 38.3 Å². The maximum Gasteiger partial charge on any atom is 0.324 e. The minimum Gasteiger partial charge on any atom is -0.465 e. The normalized spacial score (nSPS) is 27.6. The van der Waals surface area contributed by atoms with E-state index in [1.54, 1.807) is 0 Å². The zero-order valence-electron chi connectivity index (χ0n) is 11.3. The Morgan fingerprint density at radius 2 is 2.11 bits per heavy atom. The lowest BCUT2D eigenvalue weighted by Gasteiger charge is -2.24. The Bertz CT molecular complexity index is 279. The minimum atomic E-state index is -0.498. The molecule has 0 amide bonds. The highest BCUT2D eigenvalue weighted by molar-refractivity contribution is 5.75. The van der Waals surface area contributed by atoms with Crippen molar-refractivity contribution in [2.75, 3.05) is 39.3 Å². The third-order valence-electron chi connectivity index (χ3n) is 3.95. The fourth-order valence-electron chi connectivity index (χ4n) is 2.98. The van der Waals surface area contributed by atoms with E-state index in [0.29, 0.717) is 19.2 Å². The van der Waals surface area contributed by atoms with Gasteiger partial charge in [0.25, 0.3) is 0 Å². The van der Waals surface area contributed by atoms with Gasteiger partial charge in [-0.3, -0.25) is 14.6 Å². The Balaban J connectivity index is 1.73. The fraction of sp³-hybridized carbons (Fsp3) is 0.923. The number of rotatable bonds is 5. The van der Waals surface area contributed by atoms with Crippen LogP contribution in [0, 0.1) is 0 Å². The molecule has 0 aromatic heterocycles. The van der Waals surface area contributed by atoms with Gasteiger partial charge in [-0.2, -0.15) is 0 Å². The number of ether oxygens (including phenoxy) is 1. The predicted octanol–water partition coefficient (Wildman–Crippen LogP) is 0.0469. The van der Waals surface area contributed by atoms with E-state index in [9.17, 15) is 4.79 Å². The Morgan fingerprint density at radius 1 is 1.39 bits per heavy atom. The van der Waals surface area contributed by atoms with E-state index < -0.39 is 6.04 Å². The molecule has 0 aliphatic carbocycles.